The lowest BCUT2D eigenvalue weighted by molar-refractivity contribution is 0.0636. The molecule has 0 bridgehead atoms. The molecule has 1 unspecified atom stereocenters. The predicted octanol–water partition coefficient (Wildman–Crippen LogP) is 3.02. The second-order valence-electron chi connectivity index (χ2n) is 4.55. The summed E-state index contributed by atoms with van der Waals surface area (Å²) in [4.78, 5) is 4.43. The summed E-state index contributed by atoms with van der Waals surface area (Å²) in [6, 6.07) is 5.49. The van der Waals surface area contributed by atoms with Gasteiger partial charge in [0.05, 0.1) is 23.9 Å². The zero-order valence-corrected chi connectivity index (χ0v) is 11.6. The number of thiazole rings is 1. The number of hydrogen-bond acceptors (Lipinski definition) is 5. The molecule has 2 atom stereocenters. The molecule has 0 spiro atoms. The Morgan fingerprint density at radius 2 is 2.32 bits per heavy atom. The van der Waals surface area contributed by atoms with Gasteiger partial charge in [0.25, 0.3) is 0 Å². The molecule has 0 radical (unpaired) electrons. The molecule has 2 heterocycles. The van der Waals surface area contributed by atoms with Crippen molar-refractivity contribution >= 4 is 11.3 Å². The van der Waals surface area contributed by atoms with E-state index in [4.69, 9.17) is 9.47 Å². The maximum absolute atomic E-state index is 10.3. The molecule has 0 fully saturated rings. The van der Waals surface area contributed by atoms with Crippen LogP contribution in [0.1, 0.15) is 34.9 Å². The number of methoxy groups -OCH3 is 1. The molecule has 100 valence electrons. The van der Waals surface area contributed by atoms with Gasteiger partial charge in [0.2, 0.25) is 0 Å². The van der Waals surface area contributed by atoms with E-state index < -0.39 is 6.10 Å². The fourth-order valence-corrected chi connectivity index (χ4v) is 2.92. The second-order valence-corrected chi connectivity index (χ2v) is 5.62. The number of aliphatic hydroxyl groups excluding tert-OH is 1. The summed E-state index contributed by atoms with van der Waals surface area (Å²) in [5.41, 5.74) is 1.67. The largest absolute Gasteiger partial charge is 0.497 e. The quantitative estimate of drug-likeness (QED) is 0.916. The van der Waals surface area contributed by atoms with Crippen molar-refractivity contribution in [3.63, 3.8) is 0 Å². The zero-order valence-electron chi connectivity index (χ0n) is 10.8. The van der Waals surface area contributed by atoms with E-state index in [1.807, 2.05) is 30.5 Å². The third-order valence-corrected chi connectivity index (χ3v) is 4.04. The molecule has 5 heteroatoms. The fourth-order valence-electron chi connectivity index (χ4n) is 2.26. The van der Waals surface area contributed by atoms with Crippen LogP contribution in [-0.2, 0) is 0 Å². The number of aryl methyl sites for hydroxylation is 1. The fraction of sp³-hybridized carbons (Fsp3) is 0.357. The average molecular weight is 277 g/mol. The van der Waals surface area contributed by atoms with Crippen molar-refractivity contribution in [2.45, 2.75) is 25.6 Å². The molecule has 0 saturated heterocycles. The highest BCUT2D eigenvalue weighted by Crippen LogP contribution is 2.42. The Kier molecular flexibility index (Phi) is 3.16. The summed E-state index contributed by atoms with van der Waals surface area (Å²) in [6.07, 6.45) is -0.213. The van der Waals surface area contributed by atoms with E-state index in [0.717, 1.165) is 22.0 Å². The summed E-state index contributed by atoms with van der Waals surface area (Å²) in [5, 5.41) is 13.3. The van der Waals surface area contributed by atoms with Crippen molar-refractivity contribution in [1.82, 2.24) is 4.98 Å². The molecule has 1 aromatic carbocycles. The normalized spacial score (nSPS) is 21.6. The maximum Gasteiger partial charge on any atom is 0.144 e. The van der Waals surface area contributed by atoms with E-state index in [0.29, 0.717) is 12.2 Å². The molecule has 4 nitrogen and oxygen atoms in total. The highest BCUT2D eigenvalue weighted by molar-refractivity contribution is 7.09. The zero-order chi connectivity index (χ0) is 13.4. The molecule has 1 aromatic heterocycles. The highest BCUT2D eigenvalue weighted by atomic mass is 32.1. The van der Waals surface area contributed by atoms with E-state index in [1.165, 1.54) is 0 Å². The molecule has 1 aliphatic heterocycles. The SMILES string of the molecule is COc1ccc2c(c1)[C@H](O)CC(c1csc(C)n1)O2. The molecular weight excluding hydrogens is 262 g/mol. The van der Waals surface area contributed by atoms with Gasteiger partial charge in [0.1, 0.15) is 17.6 Å². The number of hydrogen-bond donors (Lipinski definition) is 1. The van der Waals surface area contributed by atoms with Gasteiger partial charge in [-0.1, -0.05) is 0 Å². The van der Waals surface area contributed by atoms with Gasteiger partial charge in [0, 0.05) is 17.4 Å². The summed E-state index contributed by atoms with van der Waals surface area (Å²) in [5.74, 6) is 1.43. The average Bonchev–Trinajstić information content (AvgIpc) is 2.85. The summed E-state index contributed by atoms with van der Waals surface area (Å²) in [6.45, 7) is 1.96. The van der Waals surface area contributed by atoms with E-state index >= 15 is 0 Å². The van der Waals surface area contributed by atoms with Crippen LogP contribution in [0.3, 0.4) is 0 Å². The third-order valence-electron chi connectivity index (χ3n) is 3.25. The van der Waals surface area contributed by atoms with Crippen LogP contribution < -0.4 is 9.47 Å². The number of rotatable bonds is 2. The molecule has 0 saturated carbocycles. The number of ether oxygens (including phenoxy) is 2. The van der Waals surface area contributed by atoms with Crippen LogP contribution in [0.15, 0.2) is 23.6 Å². The van der Waals surface area contributed by atoms with Gasteiger partial charge in [-0.05, 0) is 25.1 Å². The van der Waals surface area contributed by atoms with Crippen molar-refractivity contribution < 1.29 is 14.6 Å². The van der Waals surface area contributed by atoms with Crippen LogP contribution in [0.4, 0.5) is 0 Å². The summed E-state index contributed by atoms with van der Waals surface area (Å²) >= 11 is 1.59. The molecule has 0 amide bonds. The van der Waals surface area contributed by atoms with E-state index in [9.17, 15) is 5.11 Å². The van der Waals surface area contributed by atoms with Crippen LogP contribution in [-0.4, -0.2) is 17.2 Å². The van der Waals surface area contributed by atoms with Crippen molar-refractivity contribution in [2.24, 2.45) is 0 Å². The standard InChI is InChI=1S/C14H15NO3S/c1-8-15-11(7-19-8)14-6-12(16)10-5-9(17-2)3-4-13(10)18-14/h3-5,7,12,14,16H,6H2,1-2H3/t12-,14?/m1/s1. The Morgan fingerprint density at radius 3 is 3.00 bits per heavy atom. The van der Waals surface area contributed by atoms with E-state index in [1.54, 1.807) is 18.4 Å². The Labute approximate surface area is 115 Å². The molecule has 19 heavy (non-hydrogen) atoms. The van der Waals surface area contributed by atoms with Gasteiger partial charge in [-0.3, -0.25) is 0 Å². The Balaban J connectivity index is 1.92. The second kappa shape index (κ2) is 4.83. The van der Waals surface area contributed by atoms with Gasteiger partial charge in [-0.25, -0.2) is 4.98 Å². The van der Waals surface area contributed by atoms with Gasteiger partial charge in [0.15, 0.2) is 0 Å². The summed E-state index contributed by atoms with van der Waals surface area (Å²) < 4.78 is 11.1. The van der Waals surface area contributed by atoms with Crippen LogP contribution in [0, 0.1) is 6.92 Å². The van der Waals surface area contributed by atoms with E-state index in [-0.39, 0.29) is 6.10 Å². The number of benzene rings is 1. The Hall–Kier alpha value is -1.59. The molecule has 3 rings (SSSR count). The smallest absolute Gasteiger partial charge is 0.144 e. The Bertz CT molecular complexity index is 596. The van der Waals surface area contributed by atoms with Crippen molar-refractivity contribution in [3.05, 3.63) is 39.8 Å². The minimum Gasteiger partial charge on any atom is -0.497 e. The summed E-state index contributed by atoms with van der Waals surface area (Å²) in [7, 11) is 1.61. The first-order valence-electron chi connectivity index (χ1n) is 6.12. The van der Waals surface area contributed by atoms with Crippen LogP contribution in [0.2, 0.25) is 0 Å². The molecule has 1 aliphatic rings. The molecule has 2 aromatic rings. The minimum absolute atomic E-state index is 0.180. The number of aliphatic hydroxyl groups is 1. The third kappa shape index (κ3) is 2.31. The number of nitrogens with zero attached hydrogens (tertiary/aromatic N) is 1. The van der Waals surface area contributed by atoms with Crippen molar-refractivity contribution in [3.8, 4) is 11.5 Å². The molecule has 0 aliphatic carbocycles. The first-order chi connectivity index (χ1) is 9.17. The molecule has 1 N–H and O–H groups in total. The maximum atomic E-state index is 10.3. The minimum atomic E-state index is -0.550. The first-order valence-corrected chi connectivity index (χ1v) is 7.00. The van der Waals surface area contributed by atoms with Crippen LogP contribution in [0.25, 0.3) is 0 Å². The topological polar surface area (TPSA) is 51.6 Å². The highest BCUT2D eigenvalue weighted by Gasteiger charge is 2.29. The van der Waals surface area contributed by atoms with Gasteiger partial charge >= 0.3 is 0 Å². The lowest BCUT2D eigenvalue weighted by Crippen LogP contribution is -2.19. The Morgan fingerprint density at radius 1 is 1.47 bits per heavy atom. The van der Waals surface area contributed by atoms with Crippen LogP contribution >= 0.6 is 11.3 Å². The van der Waals surface area contributed by atoms with Gasteiger partial charge in [-0.2, -0.15) is 0 Å². The van der Waals surface area contributed by atoms with Gasteiger partial charge < -0.3 is 14.6 Å². The lowest BCUT2D eigenvalue weighted by atomic mass is 9.97. The first kappa shape index (κ1) is 12.4. The number of fused-ring (bicyclic) bond motifs is 1. The monoisotopic (exact) mass is 277 g/mol. The molecular formula is C14H15NO3S. The van der Waals surface area contributed by atoms with Gasteiger partial charge in [-0.15, -0.1) is 11.3 Å². The van der Waals surface area contributed by atoms with E-state index in [2.05, 4.69) is 4.98 Å². The van der Waals surface area contributed by atoms with Crippen molar-refractivity contribution in [2.75, 3.05) is 7.11 Å². The number of aromatic nitrogens is 1. The van der Waals surface area contributed by atoms with Crippen molar-refractivity contribution in [1.29, 1.82) is 0 Å². The predicted molar refractivity (Wildman–Crippen MR) is 72.8 cm³/mol. The van der Waals surface area contributed by atoms with Crippen LogP contribution in [0.5, 0.6) is 11.5 Å². The lowest BCUT2D eigenvalue weighted by Gasteiger charge is -2.29.